The third-order valence-electron chi connectivity index (χ3n) is 7.87. The fraction of sp³-hybridized carbons (Fsp3) is 0.762. The highest BCUT2D eigenvalue weighted by Crippen LogP contribution is 2.61. The van der Waals surface area contributed by atoms with E-state index in [0.717, 1.165) is 19.3 Å². The second-order valence-corrected chi connectivity index (χ2v) is 9.08. The number of nitrogens with zero attached hydrogens (tertiary/aromatic N) is 1. The molecule has 0 aromatic heterocycles. The van der Waals surface area contributed by atoms with Crippen LogP contribution in [-0.4, -0.2) is 58.8 Å². The van der Waals surface area contributed by atoms with E-state index < -0.39 is 35.2 Å². The maximum Gasteiger partial charge on any atom is 0.313 e. The number of fused-ring (bicyclic) bond motifs is 4. The van der Waals surface area contributed by atoms with Crippen LogP contribution in [0.25, 0.3) is 0 Å². The lowest BCUT2D eigenvalue weighted by molar-refractivity contribution is -0.176. The Morgan fingerprint density at radius 1 is 1.25 bits per heavy atom. The highest BCUT2D eigenvalue weighted by Gasteiger charge is 2.87. The van der Waals surface area contributed by atoms with Crippen LogP contribution in [0.1, 0.15) is 39.0 Å². The smallest absolute Gasteiger partial charge is 0.313 e. The summed E-state index contributed by atoms with van der Waals surface area (Å²) < 4.78 is 10.5. The number of morpholine rings is 1. The van der Waals surface area contributed by atoms with E-state index in [2.05, 4.69) is 12.2 Å². The SMILES string of the molecule is COC(=O)[C@@H]1CCN2C(=O)C3(C(=O)C4[C@H]5CCCC[C@@H]5C=C[C@@H]4C)O[C@H]3[C@]12O. The number of carbonyl (C=O) groups excluding carboxylic acids is 3. The van der Waals surface area contributed by atoms with Gasteiger partial charge in [-0.15, -0.1) is 0 Å². The van der Waals surface area contributed by atoms with Crippen LogP contribution in [0.15, 0.2) is 12.2 Å². The molecule has 2 unspecified atom stereocenters. The van der Waals surface area contributed by atoms with Crippen molar-refractivity contribution in [3.05, 3.63) is 12.2 Å². The highest BCUT2D eigenvalue weighted by molar-refractivity contribution is 6.16. The Balaban J connectivity index is 1.48. The standard InChI is InChI=1S/C21H27NO6/c1-11-7-8-12-5-3-4-6-13(12)15(11)16(23)20-18(28-20)21(26)14(17(24)27-2)9-10-22(21)19(20)25/h7-8,11-15,18,26H,3-6,9-10H2,1-2H3/t11-,12+,13-,14-,15?,18+,20?,21+/m0/s1. The van der Waals surface area contributed by atoms with Gasteiger partial charge in [-0.3, -0.25) is 14.4 Å². The maximum atomic E-state index is 13.7. The molecule has 3 aliphatic heterocycles. The summed E-state index contributed by atoms with van der Waals surface area (Å²) in [6.45, 7) is 2.25. The van der Waals surface area contributed by atoms with E-state index in [9.17, 15) is 19.5 Å². The number of carbonyl (C=O) groups is 3. The van der Waals surface area contributed by atoms with E-state index in [1.54, 1.807) is 0 Å². The molecule has 7 heteroatoms. The van der Waals surface area contributed by atoms with Crippen LogP contribution in [-0.2, 0) is 23.9 Å². The summed E-state index contributed by atoms with van der Waals surface area (Å²) in [5.41, 5.74) is -3.40. The Morgan fingerprint density at radius 3 is 2.75 bits per heavy atom. The number of amides is 1. The van der Waals surface area contributed by atoms with Gasteiger partial charge < -0.3 is 19.5 Å². The summed E-state index contributed by atoms with van der Waals surface area (Å²) >= 11 is 0. The van der Waals surface area contributed by atoms with Gasteiger partial charge in [0, 0.05) is 12.5 Å². The van der Waals surface area contributed by atoms with Crippen LogP contribution in [0.4, 0.5) is 0 Å². The molecule has 0 radical (unpaired) electrons. The van der Waals surface area contributed by atoms with E-state index in [1.165, 1.54) is 18.4 Å². The molecule has 8 atom stereocenters. The number of rotatable bonds is 3. The van der Waals surface area contributed by atoms with Crippen LogP contribution in [0.3, 0.4) is 0 Å². The molecule has 5 rings (SSSR count). The van der Waals surface area contributed by atoms with Crippen molar-refractivity contribution in [1.82, 2.24) is 4.90 Å². The quantitative estimate of drug-likeness (QED) is 0.335. The molecular weight excluding hydrogens is 362 g/mol. The molecule has 1 saturated carbocycles. The molecule has 0 spiro atoms. The van der Waals surface area contributed by atoms with Gasteiger partial charge in [-0.1, -0.05) is 31.9 Å². The number of ketones is 1. The molecule has 0 aromatic rings. The van der Waals surface area contributed by atoms with Crippen molar-refractivity contribution in [2.75, 3.05) is 13.7 Å². The number of ether oxygens (including phenoxy) is 2. The monoisotopic (exact) mass is 389 g/mol. The zero-order valence-electron chi connectivity index (χ0n) is 16.3. The van der Waals surface area contributed by atoms with Gasteiger partial charge in [0.1, 0.15) is 5.92 Å². The van der Waals surface area contributed by atoms with Crippen LogP contribution < -0.4 is 0 Å². The number of methoxy groups -OCH3 is 1. The van der Waals surface area contributed by atoms with Crippen molar-refractivity contribution < 1.29 is 29.0 Å². The average Bonchev–Trinajstić information content (AvgIpc) is 3.33. The van der Waals surface area contributed by atoms with E-state index in [4.69, 9.17) is 9.47 Å². The number of esters is 1. The second kappa shape index (κ2) is 5.89. The van der Waals surface area contributed by atoms with Crippen molar-refractivity contribution in [2.45, 2.75) is 56.5 Å². The minimum Gasteiger partial charge on any atom is -0.469 e. The Labute approximate surface area is 164 Å². The van der Waals surface area contributed by atoms with Crippen molar-refractivity contribution in [1.29, 1.82) is 0 Å². The maximum absolute atomic E-state index is 13.7. The molecule has 0 aromatic carbocycles. The number of Topliss-reactive ketones (excluding diaryl/α,β-unsaturated/α-hetero) is 1. The number of hydrogen-bond acceptors (Lipinski definition) is 6. The fourth-order valence-electron chi connectivity index (χ4n) is 6.43. The normalized spacial score (nSPS) is 48.7. The van der Waals surface area contributed by atoms with Gasteiger partial charge in [-0.25, -0.2) is 0 Å². The van der Waals surface area contributed by atoms with Crippen molar-refractivity contribution in [2.24, 2.45) is 29.6 Å². The summed E-state index contributed by atoms with van der Waals surface area (Å²) in [5.74, 6) is -1.81. The zero-order valence-corrected chi connectivity index (χ0v) is 16.3. The fourth-order valence-corrected chi connectivity index (χ4v) is 6.43. The van der Waals surface area contributed by atoms with E-state index in [1.807, 2.05) is 6.92 Å². The van der Waals surface area contributed by atoms with Gasteiger partial charge in [0.25, 0.3) is 5.91 Å². The highest BCUT2D eigenvalue weighted by atomic mass is 16.7. The number of epoxide rings is 1. The third-order valence-corrected chi connectivity index (χ3v) is 7.87. The summed E-state index contributed by atoms with van der Waals surface area (Å²) in [6.07, 6.45) is 7.97. The number of allylic oxidation sites excluding steroid dienone is 2. The van der Waals surface area contributed by atoms with Gasteiger partial charge in [0.05, 0.1) is 7.11 Å². The third kappa shape index (κ3) is 2.04. The molecule has 5 aliphatic rings. The molecule has 1 N–H and O–H groups in total. The van der Waals surface area contributed by atoms with Gasteiger partial charge in [-0.2, -0.15) is 0 Å². The Hall–Kier alpha value is -1.73. The van der Waals surface area contributed by atoms with Crippen molar-refractivity contribution in [3.8, 4) is 0 Å². The minimum atomic E-state index is -1.78. The van der Waals surface area contributed by atoms with E-state index in [-0.39, 0.29) is 30.1 Å². The molecule has 0 bridgehead atoms. The largest absolute Gasteiger partial charge is 0.469 e. The lowest BCUT2D eigenvalue weighted by atomic mass is 9.62. The zero-order chi connectivity index (χ0) is 19.8. The van der Waals surface area contributed by atoms with Gasteiger partial charge >= 0.3 is 5.97 Å². The first-order valence-corrected chi connectivity index (χ1v) is 10.4. The minimum absolute atomic E-state index is 0.0281. The lowest BCUT2D eigenvalue weighted by Crippen LogP contribution is -2.52. The van der Waals surface area contributed by atoms with Gasteiger partial charge in [-0.05, 0) is 37.0 Å². The van der Waals surface area contributed by atoms with E-state index in [0.29, 0.717) is 12.3 Å². The molecule has 1 amide bonds. The summed E-state index contributed by atoms with van der Waals surface area (Å²) in [4.78, 5) is 40.4. The Kier molecular flexibility index (Phi) is 3.85. The number of aliphatic hydroxyl groups is 1. The number of hydrogen-bond donors (Lipinski definition) is 1. The van der Waals surface area contributed by atoms with Crippen LogP contribution in [0.5, 0.6) is 0 Å². The molecular formula is C21H27NO6. The van der Waals surface area contributed by atoms with E-state index >= 15 is 0 Å². The molecule has 2 aliphatic carbocycles. The average molecular weight is 389 g/mol. The predicted octanol–water partition coefficient (Wildman–Crippen LogP) is 1.05. The molecule has 28 heavy (non-hydrogen) atoms. The summed E-state index contributed by atoms with van der Waals surface area (Å²) in [7, 11) is 1.26. The topological polar surface area (TPSA) is 96.4 Å². The van der Waals surface area contributed by atoms with Crippen molar-refractivity contribution in [3.63, 3.8) is 0 Å². The molecule has 3 saturated heterocycles. The van der Waals surface area contributed by atoms with Gasteiger partial charge in [0.2, 0.25) is 5.60 Å². The predicted molar refractivity (Wildman–Crippen MR) is 96.6 cm³/mol. The molecule has 4 fully saturated rings. The first-order chi connectivity index (χ1) is 13.4. The van der Waals surface area contributed by atoms with Gasteiger partial charge in [0.15, 0.2) is 17.6 Å². The summed E-state index contributed by atoms with van der Waals surface area (Å²) in [5, 5.41) is 11.3. The summed E-state index contributed by atoms with van der Waals surface area (Å²) in [6, 6.07) is 0. The Bertz CT molecular complexity index is 779. The van der Waals surface area contributed by atoms with Crippen LogP contribution in [0.2, 0.25) is 0 Å². The molecule has 152 valence electrons. The van der Waals surface area contributed by atoms with Crippen LogP contribution in [0, 0.1) is 29.6 Å². The first-order valence-electron chi connectivity index (χ1n) is 10.4. The van der Waals surface area contributed by atoms with Crippen LogP contribution >= 0.6 is 0 Å². The Morgan fingerprint density at radius 2 is 2.00 bits per heavy atom. The second-order valence-electron chi connectivity index (χ2n) is 9.08. The first kappa shape index (κ1) is 18.3. The molecule has 3 heterocycles. The molecule has 7 nitrogen and oxygen atoms in total. The van der Waals surface area contributed by atoms with Crippen molar-refractivity contribution >= 4 is 17.7 Å². The lowest BCUT2D eigenvalue weighted by Gasteiger charge is -2.41.